The number of rotatable bonds is 6. The summed E-state index contributed by atoms with van der Waals surface area (Å²) >= 11 is 0. The van der Waals surface area contributed by atoms with Gasteiger partial charge in [-0.2, -0.15) is 0 Å². The van der Waals surface area contributed by atoms with Crippen molar-refractivity contribution in [1.29, 1.82) is 0 Å². The number of hydrogen-bond donors (Lipinski definition) is 1. The Balaban J connectivity index is 2.57. The average molecular weight is 265 g/mol. The van der Waals surface area contributed by atoms with Gasteiger partial charge in [0, 0.05) is 6.54 Å². The molecular formula is C16H24FNO. The molecule has 106 valence electrons. The summed E-state index contributed by atoms with van der Waals surface area (Å²) in [7, 11) is 0. The maximum Gasteiger partial charge on any atom is 0.254 e. The third-order valence-electron chi connectivity index (χ3n) is 3.15. The van der Waals surface area contributed by atoms with Crippen molar-refractivity contribution < 1.29 is 9.18 Å². The summed E-state index contributed by atoms with van der Waals surface area (Å²) in [4.78, 5) is 11.8. The van der Waals surface area contributed by atoms with Gasteiger partial charge in [0.25, 0.3) is 5.91 Å². The van der Waals surface area contributed by atoms with Crippen molar-refractivity contribution in [3.8, 4) is 0 Å². The van der Waals surface area contributed by atoms with Crippen LogP contribution in [0.5, 0.6) is 0 Å². The topological polar surface area (TPSA) is 29.1 Å². The average Bonchev–Trinajstić information content (AvgIpc) is 2.33. The van der Waals surface area contributed by atoms with Gasteiger partial charge in [-0.1, -0.05) is 33.8 Å². The van der Waals surface area contributed by atoms with E-state index in [1.54, 1.807) is 6.07 Å². The molecule has 0 bridgehead atoms. The Kier molecular flexibility index (Phi) is 6.00. The fraction of sp³-hybridized carbons (Fsp3) is 0.562. The van der Waals surface area contributed by atoms with E-state index in [4.69, 9.17) is 0 Å². The van der Waals surface area contributed by atoms with Crippen molar-refractivity contribution in [2.75, 3.05) is 6.54 Å². The maximum atomic E-state index is 13.8. The van der Waals surface area contributed by atoms with Crippen molar-refractivity contribution in [2.45, 2.75) is 46.5 Å². The minimum Gasteiger partial charge on any atom is -0.352 e. The number of halogens is 1. The van der Waals surface area contributed by atoms with Crippen molar-refractivity contribution in [2.24, 2.45) is 5.92 Å². The molecule has 0 fully saturated rings. The molecule has 0 saturated heterocycles. The fourth-order valence-corrected chi connectivity index (χ4v) is 1.88. The first-order valence-corrected chi connectivity index (χ1v) is 6.99. The van der Waals surface area contributed by atoms with Gasteiger partial charge >= 0.3 is 0 Å². The molecule has 1 amide bonds. The van der Waals surface area contributed by atoms with E-state index < -0.39 is 5.82 Å². The first kappa shape index (κ1) is 15.7. The van der Waals surface area contributed by atoms with Crippen molar-refractivity contribution in [3.05, 3.63) is 35.1 Å². The summed E-state index contributed by atoms with van der Waals surface area (Å²) in [6.07, 6.45) is 1.99. The summed E-state index contributed by atoms with van der Waals surface area (Å²) in [5.74, 6) is 0.126. The zero-order valence-corrected chi connectivity index (χ0v) is 12.3. The van der Waals surface area contributed by atoms with Crippen LogP contribution in [0, 0.1) is 11.7 Å². The molecule has 0 aliphatic heterocycles. The minimum absolute atomic E-state index is 0.133. The van der Waals surface area contributed by atoms with Gasteiger partial charge < -0.3 is 5.32 Å². The Labute approximate surface area is 115 Å². The summed E-state index contributed by atoms with van der Waals surface area (Å²) in [5.41, 5.74) is 1.04. The van der Waals surface area contributed by atoms with E-state index >= 15 is 0 Å². The second kappa shape index (κ2) is 7.27. The molecule has 0 radical (unpaired) electrons. The summed E-state index contributed by atoms with van der Waals surface area (Å²) < 4.78 is 13.8. The quantitative estimate of drug-likeness (QED) is 0.770. The molecule has 0 heterocycles. The number of hydrogen-bond acceptors (Lipinski definition) is 1. The van der Waals surface area contributed by atoms with Gasteiger partial charge in [0.2, 0.25) is 0 Å². The van der Waals surface area contributed by atoms with Crippen LogP contribution in [0.1, 0.15) is 62.4 Å². The highest BCUT2D eigenvalue weighted by Gasteiger charge is 2.12. The van der Waals surface area contributed by atoms with Gasteiger partial charge in [0.1, 0.15) is 5.82 Å². The molecule has 1 aromatic rings. The van der Waals surface area contributed by atoms with Crippen LogP contribution in [0.2, 0.25) is 0 Å². The molecule has 1 rings (SSSR count). The highest BCUT2D eigenvalue weighted by molar-refractivity contribution is 5.94. The van der Waals surface area contributed by atoms with Crippen LogP contribution >= 0.6 is 0 Å². The predicted molar refractivity (Wildman–Crippen MR) is 76.9 cm³/mol. The van der Waals surface area contributed by atoms with E-state index in [-0.39, 0.29) is 17.4 Å². The standard InChI is InChI=1S/C16H24FNO/c1-11(2)6-5-9-18-16(19)14-8-7-13(12(3)4)10-15(14)17/h7-8,10-12H,5-6,9H2,1-4H3,(H,18,19). The Morgan fingerprint density at radius 2 is 1.95 bits per heavy atom. The van der Waals surface area contributed by atoms with E-state index in [1.165, 1.54) is 6.07 Å². The van der Waals surface area contributed by atoms with Crippen LogP contribution in [0.15, 0.2) is 18.2 Å². The lowest BCUT2D eigenvalue weighted by Crippen LogP contribution is -2.25. The SMILES string of the molecule is CC(C)CCCNC(=O)c1ccc(C(C)C)cc1F. The molecule has 0 aliphatic rings. The number of benzene rings is 1. The monoisotopic (exact) mass is 265 g/mol. The van der Waals surface area contributed by atoms with Gasteiger partial charge in [-0.05, 0) is 42.4 Å². The summed E-state index contributed by atoms with van der Waals surface area (Å²) in [6, 6.07) is 4.84. The third-order valence-corrected chi connectivity index (χ3v) is 3.15. The number of carbonyl (C=O) groups excluding carboxylic acids is 1. The first-order chi connectivity index (χ1) is 8.91. The lowest BCUT2D eigenvalue weighted by Gasteiger charge is -2.10. The zero-order chi connectivity index (χ0) is 14.4. The number of nitrogens with one attached hydrogen (secondary N) is 1. The number of amides is 1. The molecule has 19 heavy (non-hydrogen) atoms. The Morgan fingerprint density at radius 3 is 2.47 bits per heavy atom. The first-order valence-electron chi connectivity index (χ1n) is 6.99. The summed E-state index contributed by atoms with van der Waals surface area (Å²) in [5, 5.41) is 2.76. The Hall–Kier alpha value is -1.38. The van der Waals surface area contributed by atoms with E-state index in [2.05, 4.69) is 19.2 Å². The Morgan fingerprint density at radius 1 is 1.26 bits per heavy atom. The molecule has 2 nitrogen and oxygen atoms in total. The van der Waals surface area contributed by atoms with Crippen LogP contribution in [0.25, 0.3) is 0 Å². The molecule has 0 atom stereocenters. The fourth-order valence-electron chi connectivity index (χ4n) is 1.88. The van der Waals surface area contributed by atoms with E-state index in [0.717, 1.165) is 18.4 Å². The van der Waals surface area contributed by atoms with Crippen molar-refractivity contribution >= 4 is 5.91 Å². The normalized spacial score (nSPS) is 11.1. The highest BCUT2D eigenvalue weighted by atomic mass is 19.1. The summed E-state index contributed by atoms with van der Waals surface area (Å²) in [6.45, 7) is 8.89. The zero-order valence-electron chi connectivity index (χ0n) is 12.3. The molecule has 1 aromatic carbocycles. The van der Waals surface area contributed by atoms with Crippen LogP contribution < -0.4 is 5.32 Å². The van der Waals surface area contributed by atoms with Gasteiger partial charge in [0.15, 0.2) is 0 Å². The Bertz CT molecular complexity index is 427. The molecule has 0 unspecified atom stereocenters. The molecule has 0 saturated carbocycles. The van der Waals surface area contributed by atoms with Crippen molar-refractivity contribution in [3.63, 3.8) is 0 Å². The maximum absolute atomic E-state index is 13.8. The van der Waals surface area contributed by atoms with E-state index in [1.807, 2.05) is 19.9 Å². The molecule has 1 N–H and O–H groups in total. The van der Waals surface area contributed by atoms with Crippen LogP contribution in [0.3, 0.4) is 0 Å². The van der Waals surface area contributed by atoms with Gasteiger partial charge in [0.05, 0.1) is 5.56 Å². The second-order valence-corrected chi connectivity index (χ2v) is 5.69. The molecule has 0 aromatic heterocycles. The van der Waals surface area contributed by atoms with Crippen LogP contribution in [-0.4, -0.2) is 12.5 Å². The third kappa shape index (κ3) is 5.01. The largest absolute Gasteiger partial charge is 0.352 e. The highest BCUT2D eigenvalue weighted by Crippen LogP contribution is 2.18. The van der Waals surface area contributed by atoms with E-state index in [0.29, 0.717) is 12.5 Å². The molecule has 0 spiro atoms. The number of carbonyl (C=O) groups is 1. The lowest BCUT2D eigenvalue weighted by atomic mass is 10.0. The molecule has 3 heteroatoms. The van der Waals surface area contributed by atoms with Gasteiger partial charge in [-0.15, -0.1) is 0 Å². The van der Waals surface area contributed by atoms with Gasteiger partial charge in [-0.3, -0.25) is 4.79 Å². The second-order valence-electron chi connectivity index (χ2n) is 5.69. The van der Waals surface area contributed by atoms with Crippen LogP contribution in [0.4, 0.5) is 4.39 Å². The van der Waals surface area contributed by atoms with E-state index in [9.17, 15) is 9.18 Å². The van der Waals surface area contributed by atoms with Crippen molar-refractivity contribution in [1.82, 2.24) is 5.32 Å². The lowest BCUT2D eigenvalue weighted by molar-refractivity contribution is 0.0948. The minimum atomic E-state index is -0.437. The predicted octanol–water partition coefficient (Wildman–Crippen LogP) is 4.12. The molecule has 0 aliphatic carbocycles. The van der Waals surface area contributed by atoms with Crippen LogP contribution in [-0.2, 0) is 0 Å². The molecular weight excluding hydrogens is 241 g/mol. The van der Waals surface area contributed by atoms with Gasteiger partial charge in [-0.25, -0.2) is 4.39 Å². The smallest absolute Gasteiger partial charge is 0.254 e.